The molecule has 0 atom stereocenters. The molecule has 104 valence electrons. The third-order valence-corrected chi connectivity index (χ3v) is 2.58. The normalized spacial score (nSPS) is 10.3. The Morgan fingerprint density at radius 3 is 2.75 bits per heavy atom. The first-order valence-electron chi connectivity index (χ1n) is 4.98. The number of nitrogen functional groups attached to an aromatic ring is 1. The quantitative estimate of drug-likeness (QED) is 0.520. The number of hydrogen-bond acceptors (Lipinski definition) is 6. The highest BCUT2D eigenvalue weighted by atomic mass is 79.9. The first-order chi connectivity index (χ1) is 9.38. The molecule has 0 aliphatic carbocycles. The SMILES string of the molecule is Nc1ncc([N+](=O)[O-])c(Oc2cc(Br)cc(F)c2F)n1. The summed E-state index contributed by atoms with van der Waals surface area (Å²) >= 11 is 2.94. The molecule has 1 aromatic heterocycles. The lowest BCUT2D eigenvalue weighted by Crippen LogP contribution is -2.02. The van der Waals surface area contributed by atoms with Crippen LogP contribution < -0.4 is 10.5 Å². The second-order valence-electron chi connectivity index (χ2n) is 3.48. The Morgan fingerprint density at radius 1 is 1.40 bits per heavy atom. The summed E-state index contributed by atoms with van der Waals surface area (Å²) in [4.78, 5) is 16.9. The number of ether oxygens (including phenoxy) is 1. The van der Waals surface area contributed by atoms with E-state index in [0.717, 1.165) is 18.3 Å². The van der Waals surface area contributed by atoms with Crippen LogP contribution in [0.3, 0.4) is 0 Å². The monoisotopic (exact) mass is 346 g/mol. The summed E-state index contributed by atoms with van der Waals surface area (Å²) in [7, 11) is 0. The molecular formula is C10H5BrF2N4O3. The van der Waals surface area contributed by atoms with Crippen LogP contribution >= 0.6 is 15.9 Å². The molecule has 0 saturated carbocycles. The van der Waals surface area contributed by atoms with Crippen molar-refractivity contribution in [3.05, 3.63) is 44.6 Å². The van der Waals surface area contributed by atoms with Gasteiger partial charge in [-0.2, -0.15) is 9.37 Å². The minimum absolute atomic E-state index is 0.191. The van der Waals surface area contributed by atoms with Gasteiger partial charge in [0.25, 0.3) is 0 Å². The largest absolute Gasteiger partial charge is 0.430 e. The Balaban J connectivity index is 2.50. The number of nitro groups is 1. The fourth-order valence-electron chi connectivity index (χ4n) is 1.28. The number of nitrogens with zero attached hydrogens (tertiary/aromatic N) is 3. The Bertz CT molecular complexity index is 698. The molecule has 1 aromatic carbocycles. The maximum absolute atomic E-state index is 13.5. The number of hydrogen-bond donors (Lipinski definition) is 1. The van der Waals surface area contributed by atoms with Crippen molar-refractivity contribution in [2.75, 3.05) is 5.73 Å². The fraction of sp³-hybridized carbons (Fsp3) is 0. The average Bonchev–Trinajstić information content (AvgIpc) is 2.35. The van der Waals surface area contributed by atoms with Crippen molar-refractivity contribution in [2.45, 2.75) is 0 Å². The van der Waals surface area contributed by atoms with E-state index in [1.807, 2.05) is 0 Å². The van der Waals surface area contributed by atoms with Gasteiger partial charge in [-0.25, -0.2) is 9.37 Å². The number of anilines is 1. The zero-order valence-electron chi connectivity index (χ0n) is 9.51. The summed E-state index contributed by atoms with van der Waals surface area (Å²) in [5.41, 5.74) is 4.65. The van der Waals surface area contributed by atoms with Crippen LogP contribution in [0.15, 0.2) is 22.8 Å². The summed E-state index contributed by atoms with van der Waals surface area (Å²) in [6.07, 6.45) is 0.809. The molecule has 7 nitrogen and oxygen atoms in total. The van der Waals surface area contributed by atoms with E-state index in [1.54, 1.807) is 0 Å². The van der Waals surface area contributed by atoms with Gasteiger partial charge in [-0.3, -0.25) is 10.1 Å². The van der Waals surface area contributed by atoms with Crippen molar-refractivity contribution in [1.82, 2.24) is 9.97 Å². The molecule has 20 heavy (non-hydrogen) atoms. The zero-order valence-corrected chi connectivity index (χ0v) is 11.1. The van der Waals surface area contributed by atoms with E-state index in [9.17, 15) is 18.9 Å². The lowest BCUT2D eigenvalue weighted by molar-refractivity contribution is -0.386. The topological polar surface area (TPSA) is 104 Å². The minimum Gasteiger partial charge on any atom is -0.430 e. The molecule has 2 N–H and O–H groups in total. The summed E-state index contributed by atoms with van der Waals surface area (Å²) < 4.78 is 31.9. The second-order valence-corrected chi connectivity index (χ2v) is 4.39. The Labute approximate surface area is 118 Å². The molecular weight excluding hydrogens is 342 g/mol. The van der Waals surface area contributed by atoms with Crippen molar-refractivity contribution in [2.24, 2.45) is 0 Å². The van der Waals surface area contributed by atoms with Gasteiger partial charge in [-0.1, -0.05) is 15.9 Å². The fourth-order valence-corrected chi connectivity index (χ4v) is 1.69. The van der Waals surface area contributed by atoms with Crippen LogP contribution in [-0.4, -0.2) is 14.9 Å². The third kappa shape index (κ3) is 2.79. The van der Waals surface area contributed by atoms with Gasteiger partial charge in [0.15, 0.2) is 11.6 Å². The molecule has 0 bridgehead atoms. The number of aromatic nitrogens is 2. The van der Waals surface area contributed by atoms with E-state index in [4.69, 9.17) is 10.5 Å². The Hall–Kier alpha value is -2.36. The van der Waals surface area contributed by atoms with Crippen LogP contribution in [0.4, 0.5) is 20.4 Å². The Morgan fingerprint density at radius 2 is 2.10 bits per heavy atom. The minimum atomic E-state index is -1.31. The second kappa shape index (κ2) is 5.33. The first-order valence-corrected chi connectivity index (χ1v) is 5.77. The van der Waals surface area contributed by atoms with Crippen molar-refractivity contribution in [3.8, 4) is 11.6 Å². The molecule has 0 aliphatic rings. The molecule has 2 aromatic rings. The van der Waals surface area contributed by atoms with Crippen molar-refractivity contribution >= 4 is 27.6 Å². The highest BCUT2D eigenvalue weighted by Gasteiger charge is 2.21. The van der Waals surface area contributed by atoms with Crippen LogP contribution in [-0.2, 0) is 0 Å². The highest BCUT2D eigenvalue weighted by Crippen LogP contribution is 2.33. The van der Waals surface area contributed by atoms with Crippen LogP contribution in [0.5, 0.6) is 11.6 Å². The van der Waals surface area contributed by atoms with E-state index in [0.29, 0.717) is 0 Å². The van der Waals surface area contributed by atoms with Gasteiger partial charge in [-0.15, -0.1) is 0 Å². The average molecular weight is 347 g/mol. The molecule has 0 saturated heterocycles. The number of halogens is 3. The van der Waals surface area contributed by atoms with E-state index in [-0.39, 0.29) is 10.4 Å². The lowest BCUT2D eigenvalue weighted by atomic mass is 10.3. The van der Waals surface area contributed by atoms with Crippen molar-refractivity contribution in [3.63, 3.8) is 0 Å². The smallest absolute Gasteiger partial charge is 0.349 e. The predicted molar refractivity (Wildman–Crippen MR) is 67.2 cm³/mol. The summed E-state index contributed by atoms with van der Waals surface area (Å²) in [6, 6.07) is 1.98. The molecule has 0 spiro atoms. The highest BCUT2D eigenvalue weighted by molar-refractivity contribution is 9.10. The van der Waals surface area contributed by atoms with E-state index < -0.39 is 33.9 Å². The molecule has 0 unspecified atom stereocenters. The number of nitrogens with two attached hydrogens (primary N) is 1. The van der Waals surface area contributed by atoms with Gasteiger partial charge in [0.05, 0.1) is 4.92 Å². The van der Waals surface area contributed by atoms with E-state index in [2.05, 4.69) is 25.9 Å². The molecule has 2 rings (SSSR count). The van der Waals surface area contributed by atoms with Gasteiger partial charge in [0, 0.05) is 4.47 Å². The first kappa shape index (κ1) is 14.1. The molecule has 10 heteroatoms. The molecule has 0 radical (unpaired) electrons. The van der Waals surface area contributed by atoms with Crippen LogP contribution in [0.1, 0.15) is 0 Å². The lowest BCUT2D eigenvalue weighted by Gasteiger charge is -2.07. The third-order valence-electron chi connectivity index (χ3n) is 2.12. The molecule has 0 amide bonds. The van der Waals surface area contributed by atoms with Gasteiger partial charge < -0.3 is 10.5 Å². The van der Waals surface area contributed by atoms with Gasteiger partial charge >= 0.3 is 11.6 Å². The van der Waals surface area contributed by atoms with Gasteiger partial charge in [0.2, 0.25) is 11.8 Å². The molecule has 0 fully saturated rings. The number of benzene rings is 1. The zero-order chi connectivity index (χ0) is 14.9. The van der Waals surface area contributed by atoms with E-state index in [1.165, 1.54) is 0 Å². The van der Waals surface area contributed by atoms with Gasteiger partial charge in [-0.05, 0) is 12.1 Å². The van der Waals surface area contributed by atoms with Crippen LogP contribution in [0, 0.1) is 21.7 Å². The summed E-state index contributed by atoms with van der Waals surface area (Å²) in [5, 5.41) is 10.8. The maximum Gasteiger partial charge on any atom is 0.349 e. The Kier molecular flexibility index (Phi) is 3.74. The van der Waals surface area contributed by atoms with E-state index >= 15 is 0 Å². The van der Waals surface area contributed by atoms with Crippen molar-refractivity contribution in [1.29, 1.82) is 0 Å². The van der Waals surface area contributed by atoms with Crippen LogP contribution in [0.2, 0.25) is 0 Å². The maximum atomic E-state index is 13.5. The number of rotatable bonds is 3. The predicted octanol–water partition coefficient (Wildman–Crippen LogP) is 2.80. The van der Waals surface area contributed by atoms with Crippen LogP contribution in [0.25, 0.3) is 0 Å². The summed E-state index contributed by atoms with van der Waals surface area (Å²) in [5.74, 6) is -3.95. The summed E-state index contributed by atoms with van der Waals surface area (Å²) in [6.45, 7) is 0. The van der Waals surface area contributed by atoms with Crippen molar-refractivity contribution < 1.29 is 18.4 Å². The molecule has 0 aliphatic heterocycles. The van der Waals surface area contributed by atoms with Gasteiger partial charge in [0.1, 0.15) is 6.20 Å². The molecule has 1 heterocycles. The standard InChI is InChI=1S/C10H5BrF2N4O3/c11-4-1-5(12)8(13)7(2-4)20-9-6(17(18)19)3-15-10(14)16-9/h1-3H,(H2,14,15,16).